The minimum atomic E-state index is -0.409. The molecular formula is C13H7ClN2O2S. The van der Waals surface area contributed by atoms with Crippen molar-refractivity contribution in [3.05, 3.63) is 57.6 Å². The van der Waals surface area contributed by atoms with Crippen LogP contribution in [0.1, 0.15) is 0 Å². The largest absolute Gasteiger partial charge is 0.270 e. The normalized spacial score (nSPS) is 10.8. The number of non-ortho nitro benzene ring substituents is 1. The maximum atomic E-state index is 10.8. The number of aromatic nitrogens is 1. The van der Waals surface area contributed by atoms with Crippen LogP contribution in [-0.2, 0) is 0 Å². The summed E-state index contributed by atoms with van der Waals surface area (Å²) < 4.78 is 1.01. The summed E-state index contributed by atoms with van der Waals surface area (Å²) in [4.78, 5) is 14.8. The average Bonchev–Trinajstić information content (AvgIpc) is 2.81. The van der Waals surface area contributed by atoms with Gasteiger partial charge in [0.05, 0.1) is 15.1 Å². The van der Waals surface area contributed by atoms with Gasteiger partial charge in [-0.2, -0.15) is 0 Å². The van der Waals surface area contributed by atoms with E-state index in [1.807, 2.05) is 12.1 Å². The van der Waals surface area contributed by atoms with Crippen LogP contribution in [0.5, 0.6) is 0 Å². The molecule has 0 aliphatic heterocycles. The van der Waals surface area contributed by atoms with Crippen molar-refractivity contribution in [2.24, 2.45) is 0 Å². The zero-order valence-corrected chi connectivity index (χ0v) is 11.1. The fourth-order valence-corrected chi connectivity index (χ4v) is 2.89. The summed E-state index contributed by atoms with van der Waals surface area (Å²) in [6, 6.07) is 12.0. The molecule has 3 rings (SSSR count). The number of thiazole rings is 1. The maximum absolute atomic E-state index is 10.8. The number of fused-ring (bicyclic) bond motifs is 1. The first-order valence-corrected chi connectivity index (χ1v) is 6.64. The summed E-state index contributed by atoms with van der Waals surface area (Å²) in [6.45, 7) is 0. The molecular weight excluding hydrogens is 284 g/mol. The minimum absolute atomic E-state index is 0.0646. The Morgan fingerprint density at radius 3 is 2.84 bits per heavy atom. The molecule has 0 amide bonds. The highest BCUT2D eigenvalue weighted by Gasteiger charge is 2.11. The van der Waals surface area contributed by atoms with Crippen LogP contribution in [0, 0.1) is 10.1 Å². The van der Waals surface area contributed by atoms with Crippen LogP contribution in [0.15, 0.2) is 42.5 Å². The van der Waals surface area contributed by atoms with E-state index in [9.17, 15) is 10.1 Å². The molecule has 0 N–H and O–H groups in total. The summed E-state index contributed by atoms with van der Waals surface area (Å²) in [5.41, 5.74) is 1.61. The lowest BCUT2D eigenvalue weighted by Gasteiger charge is -1.95. The number of nitrogens with zero attached hydrogens (tertiary/aromatic N) is 2. The van der Waals surface area contributed by atoms with Gasteiger partial charge in [0.2, 0.25) is 0 Å². The topological polar surface area (TPSA) is 56.0 Å². The van der Waals surface area contributed by atoms with Crippen LogP contribution in [-0.4, -0.2) is 9.91 Å². The molecule has 0 unspecified atom stereocenters. The molecule has 0 spiro atoms. The predicted octanol–water partition coefficient (Wildman–Crippen LogP) is 4.52. The number of nitro groups is 1. The van der Waals surface area contributed by atoms with E-state index in [0.29, 0.717) is 5.02 Å². The molecule has 1 heterocycles. The van der Waals surface area contributed by atoms with Crippen LogP contribution in [0.3, 0.4) is 0 Å². The number of benzene rings is 2. The SMILES string of the molecule is O=[N+]([O-])c1cccc(-c2nc3cc(Cl)ccc3s2)c1. The quantitative estimate of drug-likeness (QED) is 0.515. The van der Waals surface area contributed by atoms with Gasteiger partial charge in [0, 0.05) is 22.7 Å². The molecule has 0 fully saturated rings. The third-order valence-corrected chi connectivity index (χ3v) is 3.97. The van der Waals surface area contributed by atoms with E-state index in [2.05, 4.69) is 4.98 Å². The van der Waals surface area contributed by atoms with Crippen molar-refractivity contribution in [3.63, 3.8) is 0 Å². The van der Waals surface area contributed by atoms with E-state index in [0.717, 1.165) is 20.8 Å². The van der Waals surface area contributed by atoms with Crippen LogP contribution >= 0.6 is 22.9 Å². The summed E-state index contributed by atoms with van der Waals surface area (Å²) in [5.74, 6) is 0. The smallest absolute Gasteiger partial charge is 0.258 e. The van der Waals surface area contributed by atoms with Crippen LogP contribution < -0.4 is 0 Å². The molecule has 0 aliphatic rings. The Balaban J connectivity index is 2.13. The molecule has 0 saturated heterocycles. The third kappa shape index (κ3) is 2.30. The van der Waals surface area contributed by atoms with Gasteiger partial charge >= 0.3 is 0 Å². The number of hydrogen-bond donors (Lipinski definition) is 0. The zero-order valence-electron chi connectivity index (χ0n) is 9.54. The highest BCUT2D eigenvalue weighted by atomic mass is 35.5. The first-order chi connectivity index (χ1) is 9.13. The first-order valence-electron chi connectivity index (χ1n) is 5.44. The summed E-state index contributed by atoms with van der Waals surface area (Å²) in [5, 5.41) is 12.2. The van der Waals surface area contributed by atoms with Gasteiger partial charge in [-0.25, -0.2) is 4.98 Å². The van der Waals surface area contributed by atoms with Gasteiger partial charge in [-0.05, 0) is 18.2 Å². The van der Waals surface area contributed by atoms with Gasteiger partial charge in [-0.3, -0.25) is 10.1 Å². The summed E-state index contributed by atoms with van der Waals surface area (Å²) >= 11 is 7.40. The highest BCUT2D eigenvalue weighted by Crippen LogP contribution is 2.32. The molecule has 19 heavy (non-hydrogen) atoms. The van der Waals surface area contributed by atoms with Gasteiger partial charge in [-0.15, -0.1) is 11.3 Å². The lowest BCUT2D eigenvalue weighted by Crippen LogP contribution is -1.87. The molecule has 0 atom stereocenters. The predicted molar refractivity (Wildman–Crippen MR) is 76.7 cm³/mol. The second-order valence-electron chi connectivity index (χ2n) is 3.94. The van der Waals surface area contributed by atoms with Crippen molar-refractivity contribution in [2.45, 2.75) is 0 Å². The van der Waals surface area contributed by atoms with Gasteiger partial charge in [0.1, 0.15) is 5.01 Å². The highest BCUT2D eigenvalue weighted by molar-refractivity contribution is 7.21. The van der Waals surface area contributed by atoms with E-state index >= 15 is 0 Å². The minimum Gasteiger partial charge on any atom is -0.258 e. The summed E-state index contributed by atoms with van der Waals surface area (Å²) in [6.07, 6.45) is 0. The monoisotopic (exact) mass is 290 g/mol. The lowest BCUT2D eigenvalue weighted by atomic mass is 10.2. The molecule has 0 saturated carbocycles. The number of rotatable bonds is 2. The van der Waals surface area contributed by atoms with Crippen molar-refractivity contribution in [2.75, 3.05) is 0 Å². The second kappa shape index (κ2) is 4.60. The fourth-order valence-electron chi connectivity index (χ4n) is 1.78. The maximum Gasteiger partial charge on any atom is 0.270 e. The number of hydrogen-bond acceptors (Lipinski definition) is 4. The van der Waals surface area contributed by atoms with Gasteiger partial charge in [0.15, 0.2) is 0 Å². The Labute approximate surface area is 117 Å². The van der Waals surface area contributed by atoms with Crippen LogP contribution in [0.25, 0.3) is 20.8 Å². The molecule has 94 valence electrons. The standard InChI is InChI=1S/C13H7ClN2O2S/c14-9-4-5-12-11(7-9)15-13(19-12)8-2-1-3-10(6-8)16(17)18/h1-7H. The van der Waals surface area contributed by atoms with Crippen molar-refractivity contribution >= 4 is 38.8 Å². The molecule has 4 nitrogen and oxygen atoms in total. The molecule has 6 heteroatoms. The van der Waals surface area contributed by atoms with E-state index < -0.39 is 4.92 Å². The summed E-state index contributed by atoms with van der Waals surface area (Å²) in [7, 11) is 0. The molecule has 3 aromatic rings. The van der Waals surface area contributed by atoms with Crippen LogP contribution in [0.2, 0.25) is 5.02 Å². The lowest BCUT2D eigenvalue weighted by molar-refractivity contribution is -0.384. The van der Waals surface area contributed by atoms with Crippen molar-refractivity contribution in [1.82, 2.24) is 4.98 Å². The third-order valence-electron chi connectivity index (χ3n) is 2.65. The number of halogens is 1. The average molecular weight is 291 g/mol. The van der Waals surface area contributed by atoms with E-state index in [4.69, 9.17) is 11.6 Å². The number of nitro benzene ring substituents is 1. The fraction of sp³-hybridized carbons (Fsp3) is 0. The molecule has 1 aromatic heterocycles. The van der Waals surface area contributed by atoms with E-state index in [1.165, 1.54) is 23.5 Å². The zero-order chi connectivity index (χ0) is 13.4. The Hall–Kier alpha value is -1.98. The molecule has 0 aliphatic carbocycles. The second-order valence-corrected chi connectivity index (χ2v) is 5.41. The Morgan fingerprint density at radius 1 is 1.21 bits per heavy atom. The molecule has 2 aromatic carbocycles. The first kappa shape index (κ1) is 12.1. The van der Waals surface area contributed by atoms with Crippen molar-refractivity contribution in [1.29, 1.82) is 0 Å². The van der Waals surface area contributed by atoms with Crippen molar-refractivity contribution in [3.8, 4) is 10.6 Å². The van der Waals surface area contributed by atoms with Crippen molar-refractivity contribution < 1.29 is 4.92 Å². The molecule has 0 bridgehead atoms. The van der Waals surface area contributed by atoms with E-state index in [-0.39, 0.29) is 5.69 Å². The Morgan fingerprint density at radius 2 is 2.05 bits per heavy atom. The Bertz CT molecular complexity index is 785. The van der Waals surface area contributed by atoms with Crippen LogP contribution in [0.4, 0.5) is 5.69 Å². The van der Waals surface area contributed by atoms with Gasteiger partial charge < -0.3 is 0 Å². The van der Waals surface area contributed by atoms with Gasteiger partial charge in [0.25, 0.3) is 5.69 Å². The molecule has 0 radical (unpaired) electrons. The van der Waals surface area contributed by atoms with Gasteiger partial charge in [-0.1, -0.05) is 23.7 Å². The van der Waals surface area contributed by atoms with E-state index in [1.54, 1.807) is 18.2 Å². The Kier molecular flexibility index (Phi) is 2.93.